The average Bonchev–Trinajstić information content (AvgIpc) is 2.99. The Kier molecular flexibility index (Phi) is 4.13. The molecule has 3 rings (SSSR count). The van der Waals surface area contributed by atoms with Crippen LogP contribution in [0.5, 0.6) is 0 Å². The van der Waals surface area contributed by atoms with E-state index in [0.29, 0.717) is 5.92 Å². The summed E-state index contributed by atoms with van der Waals surface area (Å²) in [5.41, 5.74) is 1.27. The molecule has 0 spiro atoms. The van der Waals surface area contributed by atoms with Gasteiger partial charge in [0.15, 0.2) is 0 Å². The quantitative estimate of drug-likeness (QED) is 0.842. The second-order valence-corrected chi connectivity index (χ2v) is 7.29. The van der Waals surface area contributed by atoms with Crippen LogP contribution in [0, 0.1) is 19.8 Å². The van der Waals surface area contributed by atoms with Crippen LogP contribution >= 0.6 is 11.3 Å². The molecular formula is C15H25N3OS. The Morgan fingerprint density at radius 3 is 3.00 bits per heavy atom. The molecule has 2 aliphatic rings. The van der Waals surface area contributed by atoms with Gasteiger partial charge < -0.3 is 15.0 Å². The molecule has 3 atom stereocenters. The van der Waals surface area contributed by atoms with E-state index in [1.165, 1.54) is 48.1 Å². The minimum absolute atomic E-state index is 0.0786. The summed E-state index contributed by atoms with van der Waals surface area (Å²) >= 11 is 1.88. The summed E-state index contributed by atoms with van der Waals surface area (Å²) in [6, 6.07) is 0. The third-order valence-electron chi connectivity index (χ3n) is 4.95. The first-order valence-corrected chi connectivity index (χ1v) is 8.38. The summed E-state index contributed by atoms with van der Waals surface area (Å²) in [7, 11) is 1.77. The van der Waals surface area contributed by atoms with Gasteiger partial charge in [-0.3, -0.25) is 0 Å². The summed E-state index contributed by atoms with van der Waals surface area (Å²) in [5, 5.41) is 5.12. The lowest BCUT2D eigenvalue weighted by Crippen LogP contribution is -2.54. The molecule has 5 heteroatoms. The summed E-state index contributed by atoms with van der Waals surface area (Å²) in [6.07, 6.45) is 2.46. The third-order valence-corrected chi connectivity index (χ3v) is 6.20. The molecule has 2 aliphatic heterocycles. The van der Waals surface area contributed by atoms with Crippen molar-refractivity contribution in [2.45, 2.75) is 32.2 Å². The fourth-order valence-electron chi connectivity index (χ4n) is 3.61. The fraction of sp³-hybridized carbons (Fsp3) is 0.800. The second-order valence-electron chi connectivity index (χ2n) is 6.09. The zero-order chi connectivity index (χ0) is 14.2. The van der Waals surface area contributed by atoms with Gasteiger partial charge in [0.05, 0.1) is 17.8 Å². The highest BCUT2D eigenvalue weighted by molar-refractivity contribution is 7.11. The molecule has 2 fully saturated rings. The zero-order valence-corrected chi connectivity index (χ0v) is 13.6. The predicted octanol–water partition coefficient (Wildman–Crippen LogP) is 1.92. The van der Waals surface area contributed by atoms with Crippen molar-refractivity contribution in [3.05, 3.63) is 15.6 Å². The first-order chi connectivity index (χ1) is 9.65. The SMILES string of the molecule is COCCNC1(c2nc(C)c(C)s2)CCN2CCC1C2. The highest BCUT2D eigenvalue weighted by Crippen LogP contribution is 2.44. The molecule has 0 aliphatic carbocycles. The van der Waals surface area contributed by atoms with E-state index in [-0.39, 0.29) is 5.54 Å². The Balaban J connectivity index is 1.90. The molecule has 0 saturated carbocycles. The molecule has 0 aromatic carbocycles. The van der Waals surface area contributed by atoms with E-state index in [1.54, 1.807) is 7.11 Å². The number of nitrogens with zero attached hydrogens (tertiary/aromatic N) is 2. The molecule has 4 nitrogen and oxygen atoms in total. The van der Waals surface area contributed by atoms with Crippen LogP contribution in [0.15, 0.2) is 0 Å². The number of hydrogen-bond acceptors (Lipinski definition) is 5. The molecule has 2 bridgehead atoms. The third kappa shape index (κ3) is 2.41. The number of fused-ring (bicyclic) bond motifs is 2. The maximum Gasteiger partial charge on any atom is 0.114 e. The maximum atomic E-state index is 5.23. The van der Waals surface area contributed by atoms with E-state index in [4.69, 9.17) is 9.72 Å². The van der Waals surface area contributed by atoms with Crippen LogP contribution in [-0.2, 0) is 10.3 Å². The first-order valence-electron chi connectivity index (χ1n) is 7.56. The molecule has 1 aromatic rings. The predicted molar refractivity (Wildman–Crippen MR) is 82.3 cm³/mol. The van der Waals surface area contributed by atoms with E-state index in [9.17, 15) is 0 Å². The standard InChI is InChI=1S/C15H25N3OS/c1-11-12(2)20-14(17-11)15(16-6-9-19-3)5-8-18-7-4-13(15)10-18/h13,16H,4-10H2,1-3H3. The van der Waals surface area contributed by atoms with Crippen molar-refractivity contribution in [2.75, 3.05) is 39.9 Å². The number of aryl methyl sites for hydroxylation is 2. The lowest BCUT2D eigenvalue weighted by Gasteiger charge is -2.42. The van der Waals surface area contributed by atoms with Gasteiger partial charge in [0.25, 0.3) is 0 Å². The molecule has 0 radical (unpaired) electrons. The van der Waals surface area contributed by atoms with Crippen molar-refractivity contribution in [2.24, 2.45) is 5.92 Å². The second kappa shape index (κ2) is 5.72. The van der Waals surface area contributed by atoms with Gasteiger partial charge in [0.1, 0.15) is 5.01 Å². The topological polar surface area (TPSA) is 37.4 Å². The Hall–Kier alpha value is -0.490. The molecule has 0 amide bonds. The largest absolute Gasteiger partial charge is 0.383 e. The van der Waals surface area contributed by atoms with Crippen LogP contribution in [0.4, 0.5) is 0 Å². The normalized spacial score (nSPS) is 32.8. The number of piperidine rings is 1. The van der Waals surface area contributed by atoms with Gasteiger partial charge >= 0.3 is 0 Å². The van der Waals surface area contributed by atoms with Crippen LogP contribution in [0.3, 0.4) is 0 Å². The van der Waals surface area contributed by atoms with Crippen molar-refractivity contribution in [3.8, 4) is 0 Å². The molecule has 2 saturated heterocycles. The first kappa shape index (κ1) is 14.4. The molecule has 1 aromatic heterocycles. The van der Waals surface area contributed by atoms with Crippen molar-refractivity contribution in [1.82, 2.24) is 15.2 Å². The Bertz CT molecular complexity index is 456. The van der Waals surface area contributed by atoms with Crippen molar-refractivity contribution < 1.29 is 4.74 Å². The van der Waals surface area contributed by atoms with Crippen molar-refractivity contribution in [3.63, 3.8) is 0 Å². The minimum atomic E-state index is 0.0786. The number of rotatable bonds is 5. The van der Waals surface area contributed by atoms with E-state index < -0.39 is 0 Å². The number of hydrogen-bond donors (Lipinski definition) is 1. The summed E-state index contributed by atoms with van der Waals surface area (Å²) in [5.74, 6) is 0.693. The maximum absolute atomic E-state index is 5.23. The van der Waals surface area contributed by atoms with E-state index in [1.807, 2.05) is 11.3 Å². The van der Waals surface area contributed by atoms with Gasteiger partial charge in [-0.05, 0) is 39.2 Å². The Morgan fingerprint density at radius 2 is 2.30 bits per heavy atom. The van der Waals surface area contributed by atoms with E-state index in [2.05, 4.69) is 24.1 Å². The van der Waals surface area contributed by atoms with Crippen LogP contribution < -0.4 is 5.32 Å². The van der Waals surface area contributed by atoms with Crippen LogP contribution in [0.2, 0.25) is 0 Å². The number of ether oxygens (including phenoxy) is 1. The smallest absolute Gasteiger partial charge is 0.114 e. The van der Waals surface area contributed by atoms with E-state index >= 15 is 0 Å². The minimum Gasteiger partial charge on any atom is -0.383 e. The Labute approximate surface area is 125 Å². The molecule has 3 heterocycles. The molecule has 112 valence electrons. The average molecular weight is 295 g/mol. The fourth-order valence-corrected chi connectivity index (χ4v) is 4.80. The highest BCUT2D eigenvalue weighted by atomic mass is 32.1. The molecule has 3 unspecified atom stereocenters. The number of aromatic nitrogens is 1. The highest BCUT2D eigenvalue weighted by Gasteiger charge is 2.48. The Morgan fingerprint density at radius 1 is 1.45 bits per heavy atom. The number of methoxy groups -OCH3 is 1. The monoisotopic (exact) mass is 295 g/mol. The van der Waals surface area contributed by atoms with E-state index in [0.717, 1.165) is 13.2 Å². The number of thiazole rings is 1. The van der Waals surface area contributed by atoms with Gasteiger partial charge in [-0.1, -0.05) is 0 Å². The molecule has 1 N–H and O–H groups in total. The van der Waals surface area contributed by atoms with Crippen LogP contribution in [-0.4, -0.2) is 49.8 Å². The lowest BCUT2D eigenvalue weighted by atomic mass is 9.79. The van der Waals surface area contributed by atoms with Gasteiger partial charge in [-0.2, -0.15) is 0 Å². The lowest BCUT2D eigenvalue weighted by molar-refractivity contribution is 0.112. The zero-order valence-electron chi connectivity index (χ0n) is 12.7. The van der Waals surface area contributed by atoms with Gasteiger partial charge in [0, 0.05) is 31.6 Å². The summed E-state index contributed by atoms with van der Waals surface area (Å²) in [6.45, 7) is 9.64. The van der Waals surface area contributed by atoms with Gasteiger partial charge in [0.2, 0.25) is 0 Å². The van der Waals surface area contributed by atoms with Crippen molar-refractivity contribution in [1.29, 1.82) is 0 Å². The summed E-state index contributed by atoms with van der Waals surface area (Å²) < 4.78 is 5.23. The van der Waals surface area contributed by atoms with Crippen LogP contribution in [0.1, 0.15) is 28.4 Å². The number of nitrogens with one attached hydrogen (secondary N) is 1. The molecular weight excluding hydrogens is 270 g/mol. The van der Waals surface area contributed by atoms with Crippen molar-refractivity contribution >= 4 is 11.3 Å². The van der Waals surface area contributed by atoms with Gasteiger partial charge in [-0.25, -0.2) is 4.98 Å². The van der Waals surface area contributed by atoms with Crippen LogP contribution in [0.25, 0.3) is 0 Å². The summed E-state index contributed by atoms with van der Waals surface area (Å²) in [4.78, 5) is 8.84. The molecule has 20 heavy (non-hydrogen) atoms. The van der Waals surface area contributed by atoms with Gasteiger partial charge in [-0.15, -0.1) is 11.3 Å².